The van der Waals surface area contributed by atoms with Crippen LogP contribution in [0, 0.1) is 0 Å². The van der Waals surface area contributed by atoms with Crippen LogP contribution in [0.4, 0.5) is 0 Å². The van der Waals surface area contributed by atoms with Crippen LogP contribution >= 0.6 is 7.82 Å². The van der Waals surface area contributed by atoms with Crippen LogP contribution in [0.3, 0.4) is 0 Å². The second-order valence-corrected chi connectivity index (χ2v) is 1.54. The minimum absolute atomic E-state index is 0. The van der Waals surface area contributed by atoms with Crippen LogP contribution < -0.4 is 0 Å². The first-order valence-electron chi connectivity index (χ1n) is 1.78. The Morgan fingerprint density at radius 3 is 1.00 bits per heavy atom. The molecule has 0 fully saturated rings. The molecule has 4 nitrogen and oxygen atoms in total. The number of phosphoric acid groups is 1. The van der Waals surface area contributed by atoms with E-state index in [0.29, 0.717) is 0 Å². The monoisotopic (exact) mass is 176 g/mol. The Labute approximate surface area is 98.9 Å². The van der Waals surface area contributed by atoms with E-state index in [9.17, 15) is 0 Å². The van der Waals surface area contributed by atoms with Gasteiger partial charge in [0, 0.05) is 0 Å². The van der Waals surface area contributed by atoms with Gasteiger partial charge in [-0.2, -0.15) is 0 Å². The molecule has 0 unspecified atom stereocenters. The molecule has 0 aliphatic rings. The second-order valence-electron chi connectivity index (χ2n) is 0.513. The van der Waals surface area contributed by atoms with Gasteiger partial charge in [-0.15, -0.1) is 0 Å². The average Bonchev–Trinajstić information content (AvgIpc) is 1.36. The summed E-state index contributed by atoms with van der Waals surface area (Å²) >= 11 is 0. The van der Waals surface area contributed by atoms with Gasteiger partial charge in [-0.3, -0.25) is 0 Å². The predicted octanol–water partition coefficient (Wildman–Crippen LogP) is -1.20. The van der Waals surface area contributed by atoms with Gasteiger partial charge in [0.25, 0.3) is 0 Å². The van der Waals surface area contributed by atoms with Gasteiger partial charge in [-0.05, 0) is 0 Å². The molecule has 0 aliphatic heterocycles. The fourth-order valence-electron chi connectivity index (χ4n) is 0. The molecule has 0 aromatic heterocycles. The van der Waals surface area contributed by atoms with Gasteiger partial charge in [0.15, 0.2) is 0 Å². The van der Waals surface area contributed by atoms with Gasteiger partial charge in [0.05, 0.1) is 0 Å². The third-order valence-corrected chi connectivity index (χ3v) is 0. The standard InChI is InChI=1S/C2H6.2Na.H3O4P.2H/c1-2;;;1-5(2,3)4;;/h1-2H3;;;(H3,1,2,3,4);;. The van der Waals surface area contributed by atoms with Crippen LogP contribution in [0.25, 0.3) is 0 Å². The topological polar surface area (TPSA) is 77.8 Å². The first-order valence-corrected chi connectivity index (χ1v) is 3.35. The van der Waals surface area contributed by atoms with Crippen molar-refractivity contribution in [2.24, 2.45) is 0 Å². The van der Waals surface area contributed by atoms with Crippen molar-refractivity contribution >= 4 is 66.9 Å². The molecule has 0 aromatic rings. The first kappa shape index (κ1) is 22.5. The van der Waals surface area contributed by atoms with Gasteiger partial charge in [0.1, 0.15) is 0 Å². The predicted molar refractivity (Wildman–Crippen MR) is 39.9 cm³/mol. The van der Waals surface area contributed by atoms with Gasteiger partial charge in [-0.1, -0.05) is 13.8 Å². The van der Waals surface area contributed by atoms with Crippen LogP contribution in [-0.2, 0) is 4.57 Å². The van der Waals surface area contributed by atoms with Gasteiger partial charge < -0.3 is 14.7 Å². The quantitative estimate of drug-likeness (QED) is 0.320. The van der Waals surface area contributed by atoms with Gasteiger partial charge in [-0.25, -0.2) is 4.57 Å². The molecule has 0 aliphatic carbocycles. The van der Waals surface area contributed by atoms with Gasteiger partial charge in [0.2, 0.25) is 0 Å². The molecule has 9 heavy (non-hydrogen) atoms. The van der Waals surface area contributed by atoms with E-state index in [0.717, 1.165) is 0 Å². The minimum atomic E-state index is -4.64. The van der Waals surface area contributed by atoms with E-state index < -0.39 is 7.82 Å². The molecular weight excluding hydrogens is 165 g/mol. The fourth-order valence-corrected chi connectivity index (χ4v) is 0. The van der Waals surface area contributed by atoms with Gasteiger partial charge >= 0.3 is 66.9 Å². The first-order chi connectivity index (χ1) is 3.00. The van der Waals surface area contributed by atoms with Crippen LogP contribution in [0.2, 0.25) is 0 Å². The molecule has 0 heterocycles. The summed E-state index contributed by atoms with van der Waals surface area (Å²) in [6, 6.07) is 0. The van der Waals surface area contributed by atoms with Crippen LogP contribution in [-0.4, -0.2) is 73.8 Å². The van der Waals surface area contributed by atoms with Crippen LogP contribution in [0.1, 0.15) is 13.8 Å². The Hall–Kier alpha value is 2.11. The maximum atomic E-state index is 8.88. The molecule has 0 saturated carbocycles. The Morgan fingerprint density at radius 1 is 1.00 bits per heavy atom. The van der Waals surface area contributed by atoms with Crippen molar-refractivity contribution in [2.75, 3.05) is 0 Å². The molecule has 50 valence electrons. The SMILES string of the molecule is CC.O=P(O)(O)O.[NaH].[NaH]. The number of rotatable bonds is 0. The zero-order valence-corrected chi connectivity index (χ0v) is 5.09. The molecule has 7 heteroatoms. The second kappa shape index (κ2) is 12.8. The molecular formula is C2H11Na2O4P. The van der Waals surface area contributed by atoms with Crippen molar-refractivity contribution in [1.29, 1.82) is 0 Å². The molecule has 0 amide bonds. The van der Waals surface area contributed by atoms with Crippen molar-refractivity contribution in [3.63, 3.8) is 0 Å². The molecule has 0 spiro atoms. The third-order valence-electron chi connectivity index (χ3n) is 0. The Balaban J connectivity index is -0.0000000286. The van der Waals surface area contributed by atoms with E-state index in [1.54, 1.807) is 0 Å². The van der Waals surface area contributed by atoms with E-state index in [-0.39, 0.29) is 59.1 Å². The Bertz CT molecular complexity index is 62.7. The normalized spacial score (nSPS) is 7.22. The van der Waals surface area contributed by atoms with Crippen molar-refractivity contribution in [3.8, 4) is 0 Å². The molecule has 0 atom stereocenters. The maximum absolute atomic E-state index is 8.88. The fraction of sp³-hybridized carbons (Fsp3) is 1.00. The van der Waals surface area contributed by atoms with E-state index >= 15 is 0 Å². The van der Waals surface area contributed by atoms with Crippen molar-refractivity contribution in [1.82, 2.24) is 0 Å². The zero-order valence-electron chi connectivity index (χ0n) is 4.20. The van der Waals surface area contributed by atoms with E-state index in [1.165, 1.54) is 0 Å². The van der Waals surface area contributed by atoms with Crippen molar-refractivity contribution < 1.29 is 19.2 Å². The molecule has 0 saturated heterocycles. The molecule has 0 radical (unpaired) electrons. The van der Waals surface area contributed by atoms with Crippen molar-refractivity contribution in [2.45, 2.75) is 13.8 Å². The summed E-state index contributed by atoms with van der Waals surface area (Å²) in [5, 5.41) is 0. The summed E-state index contributed by atoms with van der Waals surface area (Å²) in [4.78, 5) is 21.6. The van der Waals surface area contributed by atoms with Crippen LogP contribution in [0.5, 0.6) is 0 Å². The summed E-state index contributed by atoms with van der Waals surface area (Å²) in [5.41, 5.74) is 0. The third kappa shape index (κ3) is 149. The number of hydrogen-bond donors (Lipinski definition) is 3. The van der Waals surface area contributed by atoms with Crippen LogP contribution in [0.15, 0.2) is 0 Å². The summed E-state index contributed by atoms with van der Waals surface area (Å²) in [5.74, 6) is 0. The molecule has 0 aromatic carbocycles. The average molecular weight is 176 g/mol. The number of hydrogen-bond acceptors (Lipinski definition) is 1. The van der Waals surface area contributed by atoms with E-state index in [4.69, 9.17) is 19.2 Å². The summed E-state index contributed by atoms with van der Waals surface area (Å²) in [6.07, 6.45) is 0. The summed E-state index contributed by atoms with van der Waals surface area (Å²) in [6.45, 7) is 4.00. The van der Waals surface area contributed by atoms with E-state index in [2.05, 4.69) is 0 Å². The Morgan fingerprint density at radius 2 is 1.00 bits per heavy atom. The molecule has 3 N–H and O–H groups in total. The Kier molecular flexibility index (Phi) is 31.8. The zero-order chi connectivity index (χ0) is 6.50. The van der Waals surface area contributed by atoms with E-state index in [1.807, 2.05) is 13.8 Å². The van der Waals surface area contributed by atoms with Crippen molar-refractivity contribution in [3.05, 3.63) is 0 Å². The molecule has 0 rings (SSSR count). The summed E-state index contributed by atoms with van der Waals surface area (Å²) < 4.78 is 8.88. The molecule has 0 bridgehead atoms. The summed E-state index contributed by atoms with van der Waals surface area (Å²) in [7, 11) is -4.64.